The molecule has 1 aliphatic rings. The molecule has 0 saturated carbocycles. The zero-order valence-electron chi connectivity index (χ0n) is 12.0. The van der Waals surface area contributed by atoms with Gasteiger partial charge in [-0.25, -0.2) is 0 Å². The average molecular weight is 402 g/mol. The zero-order chi connectivity index (χ0) is 17.7. The summed E-state index contributed by atoms with van der Waals surface area (Å²) in [6.07, 6.45) is -4.19. The van der Waals surface area contributed by atoms with Gasteiger partial charge in [-0.3, -0.25) is 4.72 Å². The molecular weight excluding hydrogens is 390 g/mol. The molecule has 2 aromatic rings. The maximum absolute atomic E-state index is 12.3. The summed E-state index contributed by atoms with van der Waals surface area (Å²) in [5, 5.41) is 1.18. The smallest absolute Gasteiger partial charge is 0.358 e. The number of H-pyrrole nitrogens is 1. The molecule has 5 nitrogen and oxygen atoms in total. The summed E-state index contributed by atoms with van der Waals surface area (Å²) in [6, 6.07) is 1.57. The molecule has 0 saturated heterocycles. The lowest BCUT2D eigenvalue weighted by Gasteiger charge is -2.29. The molecule has 3 rings (SSSR count). The Hall–Kier alpha value is -1.16. The molecule has 11 heteroatoms. The van der Waals surface area contributed by atoms with E-state index in [-0.39, 0.29) is 19.5 Å². The maximum Gasteiger partial charge on any atom is 0.389 e. The molecule has 0 aliphatic carbocycles. The number of rotatable bonds is 3. The highest BCUT2D eigenvalue weighted by molar-refractivity contribution is 7.90. The second kappa shape index (κ2) is 5.98. The highest BCUT2D eigenvalue weighted by Gasteiger charge is 2.33. The van der Waals surface area contributed by atoms with Gasteiger partial charge in [0.1, 0.15) is 0 Å². The Morgan fingerprint density at radius 1 is 1.25 bits per heavy atom. The van der Waals surface area contributed by atoms with Gasteiger partial charge in [0, 0.05) is 31.1 Å². The molecule has 1 aromatic heterocycles. The van der Waals surface area contributed by atoms with Crippen LogP contribution in [0, 0.1) is 0 Å². The fraction of sp³-hybridized carbons (Fsp3) is 0.385. The summed E-state index contributed by atoms with van der Waals surface area (Å²) < 4.78 is 64.7. The van der Waals surface area contributed by atoms with Crippen LogP contribution in [0.1, 0.15) is 18.4 Å². The predicted molar refractivity (Wildman–Crippen MR) is 86.6 cm³/mol. The van der Waals surface area contributed by atoms with Gasteiger partial charge in [-0.15, -0.1) is 0 Å². The summed E-state index contributed by atoms with van der Waals surface area (Å²) >= 11 is 12.2. The standard InChI is InChI=1S/C13H12Cl2F3N3O2S/c14-8-4-7-6-21(3-1-2-13(16,17)18)24(22,23)20-11(7)12-10(8)9(15)5-19-12/h4-5,19-20H,1-3,6H2. The Morgan fingerprint density at radius 2 is 1.96 bits per heavy atom. The first-order valence-corrected chi connectivity index (χ1v) is 9.11. The van der Waals surface area contributed by atoms with Crippen molar-refractivity contribution in [2.24, 2.45) is 0 Å². The molecule has 1 aromatic carbocycles. The number of anilines is 1. The van der Waals surface area contributed by atoms with Crippen LogP contribution in [0.5, 0.6) is 0 Å². The average Bonchev–Trinajstić information content (AvgIpc) is 2.82. The molecule has 0 unspecified atom stereocenters. The van der Waals surface area contributed by atoms with E-state index in [0.29, 0.717) is 32.2 Å². The fourth-order valence-electron chi connectivity index (χ4n) is 2.65. The number of fused-ring (bicyclic) bond motifs is 3. The summed E-state index contributed by atoms with van der Waals surface area (Å²) in [5.41, 5.74) is 1.32. The van der Waals surface area contributed by atoms with Gasteiger partial charge in [-0.2, -0.15) is 25.9 Å². The van der Waals surface area contributed by atoms with Crippen LogP contribution in [0.15, 0.2) is 12.3 Å². The molecule has 0 fully saturated rings. The van der Waals surface area contributed by atoms with E-state index in [1.54, 1.807) is 6.07 Å². The van der Waals surface area contributed by atoms with Gasteiger partial charge < -0.3 is 4.98 Å². The predicted octanol–water partition coefficient (Wildman–Crippen LogP) is 4.29. The van der Waals surface area contributed by atoms with E-state index in [9.17, 15) is 21.6 Å². The van der Waals surface area contributed by atoms with E-state index in [4.69, 9.17) is 23.2 Å². The minimum Gasteiger partial charge on any atom is -0.358 e. The van der Waals surface area contributed by atoms with Crippen molar-refractivity contribution in [2.75, 3.05) is 11.3 Å². The quantitative estimate of drug-likeness (QED) is 0.805. The van der Waals surface area contributed by atoms with Crippen molar-refractivity contribution in [2.45, 2.75) is 25.6 Å². The van der Waals surface area contributed by atoms with E-state index in [0.717, 1.165) is 4.31 Å². The van der Waals surface area contributed by atoms with E-state index in [1.807, 2.05) is 0 Å². The van der Waals surface area contributed by atoms with E-state index in [2.05, 4.69) is 9.71 Å². The molecule has 24 heavy (non-hydrogen) atoms. The van der Waals surface area contributed by atoms with Crippen molar-refractivity contribution in [1.82, 2.24) is 9.29 Å². The van der Waals surface area contributed by atoms with Gasteiger partial charge in [0.05, 0.1) is 21.2 Å². The summed E-state index contributed by atoms with van der Waals surface area (Å²) in [6.45, 7) is -0.301. The first-order chi connectivity index (χ1) is 11.1. The van der Waals surface area contributed by atoms with Crippen molar-refractivity contribution < 1.29 is 21.6 Å². The topological polar surface area (TPSA) is 65.2 Å². The van der Waals surface area contributed by atoms with Gasteiger partial charge in [0.2, 0.25) is 0 Å². The number of hydrogen-bond acceptors (Lipinski definition) is 2. The normalized spacial score (nSPS) is 17.7. The Morgan fingerprint density at radius 3 is 2.62 bits per heavy atom. The fourth-order valence-corrected chi connectivity index (χ4v) is 4.58. The largest absolute Gasteiger partial charge is 0.389 e. The molecule has 0 atom stereocenters. The Bertz CT molecular complexity index is 896. The second-order valence-corrected chi connectivity index (χ2v) is 7.92. The van der Waals surface area contributed by atoms with Crippen molar-refractivity contribution in [3.8, 4) is 0 Å². The minimum atomic E-state index is -4.32. The van der Waals surface area contributed by atoms with E-state index < -0.39 is 22.8 Å². The number of nitrogens with zero attached hydrogens (tertiary/aromatic N) is 1. The first-order valence-electron chi connectivity index (χ1n) is 6.91. The van der Waals surface area contributed by atoms with Crippen LogP contribution >= 0.6 is 23.2 Å². The van der Waals surface area contributed by atoms with Crippen LogP contribution in [0.3, 0.4) is 0 Å². The monoisotopic (exact) mass is 401 g/mol. The number of aromatic amines is 1. The lowest BCUT2D eigenvalue weighted by atomic mass is 10.1. The Labute approximate surface area is 145 Å². The van der Waals surface area contributed by atoms with Crippen LogP contribution in [0.2, 0.25) is 10.0 Å². The molecule has 132 valence electrons. The Balaban J connectivity index is 1.92. The second-order valence-electron chi connectivity index (χ2n) is 5.44. The van der Waals surface area contributed by atoms with Crippen molar-refractivity contribution in [3.05, 3.63) is 27.9 Å². The summed E-state index contributed by atoms with van der Waals surface area (Å²) in [4.78, 5) is 2.86. The van der Waals surface area contributed by atoms with Crippen molar-refractivity contribution in [3.63, 3.8) is 0 Å². The summed E-state index contributed by atoms with van der Waals surface area (Å²) in [7, 11) is -3.94. The zero-order valence-corrected chi connectivity index (χ0v) is 14.4. The van der Waals surface area contributed by atoms with Gasteiger partial charge >= 0.3 is 16.4 Å². The lowest BCUT2D eigenvalue weighted by molar-refractivity contribution is -0.135. The van der Waals surface area contributed by atoms with Crippen LogP contribution in [-0.4, -0.2) is 30.4 Å². The number of aromatic nitrogens is 1. The van der Waals surface area contributed by atoms with Gasteiger partial charge in [-0.1, -0.05) is 23.2 Å². The van der Waals surface area contributed by atoms with Crippen LogP contribution in [0.4, 0.5) is 18.9 Å². The number of hydrogen-bond donors (Lipinski definition) is 2. The number of nitrogens with one attached hydrogen (secondary N) is 2. The SMILES string of the molecule is O=S1(=O)Nc2c(cc(Cl)c3c(Cl)c[nH]c23)CN1CCCC(F)(F)F. The van der Waals surface area contributed by atoms with Crippen LogP contribution in [-0.2, 0) is 16.8 Å². The molecule has 1 aliphatic heterocycles. The highest BCUT2D eigenvalue weighted by Crippen LogP contribution is 2.40. The maximum atomic E-state index is 12.3. The van der Waals surface area contributed by atoms with Crippen molar-refractivity contribution in [1.29, 1.82) is 0 Å². The molecule has 0 amide bonds. The third-order valence-corrected chi connectivity index (χ3v) is 5.78. The highest BCUT2D eigenvalue weighted by atomic mass is 35.5. The van der Waals surface area contributed by atoms with Gasteiger partial charge in [0.15, 0.2) is 0 Å². The number of benzene rings is 1. The van der Waals surface area contributed by atoms with Crippen molar-refractivity contribution >= 4 is 50.0 Å². The molecule has 2 N–H and O–H groups in total. The van der Waals surface area contributed by atoms with E-state index >= 15 is 0 Å². The van der Waals surface area contributed by atoms with Crippen LogP contribution in [0.25, 0.3) is 10.9 Å². The van der Waals surface area contributed by atoms with Gasteiger partial charge in [-0.05, 0) is 18.1 Å². The van der Waals surface area contributed by atoms with Crippen LogP contribution < -0.4 is 4.72 Å². The lowest BCUT2D eigenvalue weighted by Crippen LogP contribution is -2.40. The van der Waals surface area contributed by atoms with Gasteiger partial charge in [0.25, 0.3) is 0 Å². The third kappa shape index (κ3) is 3.30. The number of alkyl halides is 3. The molecule has 2 heterocycles. The third-order valence-electron chi connectivity index (χ3n) is 3.73. The summed E-state index contributed by atoms with van der Waals surface area (Å²) in [5.74, 6) is 0. The molecule has 0 bridgehead atoms. The molecular formula is C13H12Cl2F3N3O2S. The van der Waals surface area contributed by atoms with E-state index in [1.165, 1.54) is 6.20 Å². The Kier molecular flexibility index (Phi) is 4.40. The molecule has 0 spiro atoms. The number of halogens is 5. The first kappa shape index (κ1) is 17.7. The minimum absolute atomic E-state index is 0.0607. The molecule has 0 radical (unpaired) electrons.